The molecule has 32 heavy (non-hydrogen) atoms. The highest BCUT2D eigenvalue weighted by molar-refractivity contribution is 6.31. The number of esters is 3. The number of carbonyl (C=O) groups is 3. The summed E-state index contributed by atoms with van der Waals surface area (Å²) < 4.78 is 15.8. The van der Waals surface area contributed by atoms with E-state index in [0.717, 1.165) is 0 Å². The van der Waals surface area contributed by atoms with Crippen LogP contribution in [0.25, 0.3) is 0 Å². The van der Waals surface area contributed by atoms with Crippen LogP contribution < -0.4 is 9.47 Å². The monoisotopic (exact) mass is 460 g/mol. The summed E-state index contributed by atoms with van der Waals surface area (Å²) in [4.78, 5) is 45.1. The van der Waals surface area contributed by atoms with Crippen LogP contribution in [0, 0.1) is 11.8 Å². The number of pyridine rings is 1. The van der Waals surface area contributed by atoms with Gasteiger partial charge in [-0.3, -0.25) is 14.8 Å². The third kappa shape index (κ3) is 6.62. The number of hydrogen-bond acceptors (Lipinski definition) is 8. The lowest BCUT2D eigenvalue weighted by molar-refractivity contribution is -0.143. The number of carbonyl (C=O) groups excluding carboxylic acids is 3. The van der Waals surface area contributed by atoms with Crippen molar-refractivity contribution in [2.24, 2.45) is 16.8 Å². The van der Waals surface area contributed by atoms with Crippen molar-refractivity contribution in [1.29, 1.82) is 0 Å². The lowest BCUT2D eigenvalue weighted by Gasteiger charge is -2.16. The SMILES string of the molecule is COC(=O)C(N=Cc1cc(Cl)cc(OC(=O)c2cccnc2)c1OC(=O)C(C)C)C(C)C. The van der Waals surface area contributed by atoms with E-state index in [-0.39, 0.29) is 33.6 Å². The van der Waals surface area contributed by atoms with E-state index in [1.807, 2.05) is 13.8 Å². The fraction of sp³-hybridized carbons (Fsp3) is 0.348. The Bertz CT molecular complexity index is 1010. The molecule has 9 heteroatoms. The molecule has 2 aromatic rings. The van der Waals surface area contributed by atoms with Crippen molar-refractivity contribution in [3.05, 3.63) is 52.8 Å². The Labute approximate surface area is 191 Å². The zero-order chi connectivity index (χ0) is 23.8. The Morgan fingerprint density at radius 3 is 2.38 bits per heavy atom. The average molecular weight is 461 g/mol. The fourth-order valence-electron chi connectivity index (χ4n) is 2.52. The first-order valence-corrected chi connectivity index (χ1v) is 10.3. The molecule has 1 aromatic heterocycles. The van der Waals surface area contributed by atoms with Crippen molar-refractivity contribution in [1.82, 2.24) is 4.98 Å². The molecule has 170 valence electrons. The smallest absolute Gasteiger partial charge is 0.345 e. The van der Waals surface area contributed by atoms with E-state index >= 15 is 0 Å². The van der Waals surface area contributed by atoms with E-state index in [9.17, 15) is 14.4 Å². The number of rotatable bonds is 8. The van der Waals surface area contributed by atoms with Gasteiger partial charge in [0.2, 0.25) is 0 Å². The number of methoxy groups -OCH3 is 1. The molecule has 8 nitrogen and oxygen atoms in total. The lowest BCUT2D eigenvalue weighted by atomic mass is 10.1. The average Bonchev–Trinajstić information content (AvgIpc) is 2.75. The zero-order valence-electron chi connectivity index (χ0n) is 18.5. The molecular formula is C23H25ClN2O6. The number of hydrogen-bond donors (Lipinski definition) is 0. The van der Waals surface area contributed by atoms with Gasteiger partial charge in [0, 0.05) is 35.3 Å². The summed E-state index contributed by atoms with van der Waals surface area (Å²) >= 11 is 6.22. The molecule has 1 heterocycles. The first-order chi connectivity index (χ1) is 15.1. The number of ether oxygens (including phenoxy) is 3. The summed E-state index contributed by atoms with van der Waals surface area (Å²) in [6, 6.07) is 5.19. The van der Waals surface area contributed by atoms with Crippen LogP contribution in [0.3, 0.4) is 0 Å². The van der Waals surface area contributed by atoms with E-state index in [0.29, 0.717) is 0 Å². The van der Waals surface area contributed by atoms with Crippen molar-refractivity contribution in [3.63, 3.8) is 0 Å². The second-order valence-electron chi connectivity index (χ2n) is 7.52. The van der Waals surface area contributed by atoms with E-state index in [1.165, 1.54) is 43.9 Å². The van der Waals surface area contributed by atoms with E-state index in [4.69, 9.17) is 25.8 Å². The van der Waals surface area contributed by atoms with Crippen LogP contribution in [0.4, 0.5) is 0 Å². The van der Waals surface area contributed by atoms with Gasteiger partial charge in [-0.05, 0) is 24.1 Å². The van der Waals surface area contributed by atoms with Gasteiger partial charge < -0.3 is 14.2 Å². The van der Waals surface area contributed by atoms with Gasteiger partial charge in [0.15, 0.2) is 11.5 Å². The maximum atomic E-state index is 12.6. The zero-order valence-corrected chi connectivity index (χ0v) is 19.3. The van der Waals surface area contributed by atoms with Crippen LogP contribution in [0.2, 0.25) is 5.02 Å². The summed E-state index contributed by atoms with van der Waals surface area (Å²) in [5.74, 6) is -2.48. The molecule has 2 rings (SSSR count). The Morgan fingerprint density at radius 1 is 1.09 bits per heavy atom. The van der Waals surface area contributed by atoms with Crippen molar-refractivity contribution in [3.8, 4) is 11.5 Å². The number of aliphatic imine (C=N–C) groups is 1. The van der Waals surface area contributed by atoms with Crippen LogP contribution >= 0.6 is 11.6 Å². The maximum absolute atomic E-state index is 12.6. The molecule has 0 aliphatic carbocycles. The molecular weight excluding hydrogens is 436 g/mol. The molecule has 0 radical (unpaired) electrons. The summed E-state index contributed by atoms with van der Waals surface area (Å²) in [6.07, 6.45) is 4.21. The van der Waals surface area contributed by atoms with Gasteiger partial charge in [-0.1, -0.05) is 39.3 Å². The quantitative estimate of drug-likeness (QED) is 0.331. The van der Waals surface area contributed by atoms with E-state index in [1.54, 1.807) is 19.9 Å². The van der Waals surface area contributed by atoms with Crippen molar-refractivity contribution in [2.45, 2.75) is 33.7 Å². The van der Waals surface area contributed by atoms with Gasteiger partial charge in [-0.2, -0.15) is 0 Å². The minimum atomic E-state index is -0.783. The molecule has 1 aromatic carbocycles. The molecule has 0 spiro atoms. The minimum absolute atomic E-state index is 0.0403. The summed E-state index contributed by atoms with van der Waals surface area (Å²) in [5, 5.41) is 0.212. The van der Waals surface area contributed by atoms with Gasteiger partial charge in [0.1, 0.15) is 6.04 Å². The predicted molar refractivity (Wildman–Crippen MR) is 119 cm³/mol. The molecule has 1 unspecified atom stereocenters. The van der Waals surface area contributed by atoms with E-state index < -0.39 is 29.9 Å². The number of halogens is 1. The molecule has 0 aliphatic heterocycles. The molecule has 0 saturated heterocycles. The Hall–Kier alpha value is -3.26. The molecule has 0 amide bonds. The molecule has 0 bridgehead atoms. The third-order valence-electron chi connectivity index (χ3n) is 4.27. The maximum Gasteiger partial charge on any atom is 0.345 e. The van der Waals surface area contributed by atoms with Crippen LogP contribution in [0.1, 0.15) is 43.6 Å². The van der Waals surface area contributed by atoms with Crippen molar-refractivity contribution in [2.75, 3.05) is 7.11 Å². The fourth-order valence-corrected chi connectivity index (χ4v) is 2.73. The predicted octanol–water partition coefficient (Wildman–Crippen LogP) is 4.13. The molecule has 0 saturated carbocycles. The van der Waals surface area contributed by atoms with Gasteiger partial charge in [0.25, 0.3) is 0 Å². The highest BCUT2D eigenvalue weighted by Crippen LogP contribution is 2.35. The van der Waals surface area contributed by atoms with Gasteiger partial charge in [-0.25, -0.2) is 9.59 Å². The van der Waals surface area contributed by atoms with Crippen LogP contribution in [0.15, 0.2) is 41.7 Å². The number of aromatic nitrogens is 1. The first-order valence-electron chi connectivity index (χ1n) is 9.92. The van der Waals surface area contributed by atoms with Gasteiger partial charge in [0.05, 0.1) is 18.6 Å². The van der Waals surface area contributed by atoms with Crippen molar-refractivity contribution >= 4 is 35.7 Å². The highest BCUT2D eigenvalue weighted by atomic mass is 35.5. The molecule has 1 atom stereocenters. The van der Waals surface area contributed by atoms with Gasteiger partial charge >= 0.3 is 17.9 Å². The highest BCUT2D eigenvalue weighted by Gasteiger charge is 2.24. The number of benzene rings is 1. The van der Waals surface area contributed by atoms with Crippen LogP contribution in [0.5, 0.6) is 11.5 Å². The van der Waals surface area contributed by atoms with Crippen LogP contribution in [-0.2, 0) is 14.3 Å². The number of nitrogens with zero attached hydrogens (tertiary/aromatic N) is 2. The van der Waals surface area contributed by atoms with E-state index in [2.05, 4.69) is 9.98 Å². The minimum Gasteiger partial charge on any atom is -0.467 e. The normalized spacial score (nSPS) is 12.1. The largest absolute Gasteiger partial charge is 0.467 e. The summed E-state index contributed by atoms with van der Waals surface area (Å²) in [7, 11) is 1.28. The standard InChI is InChI=1S/C23H25ClN2O6/c1-13(2)19(23(29)30-5)26-12-16-9-17(24)10-18(20(16)32-21(27)14(3)4)31-22(28)15-7-6-8-25-11-15/h6-14,19H,1-5H3. The Morgan fingerprint density at radius 2 is 1.81 bits per heavy atom. The summed E-state index contributed by atoms with van der Waals surface area (Å²) in [6.45, 7) is 6.97. The Balaban J connectivity index is 2.52. The first kappa shape index (κ1) is 25.0. The van der Waals surface area contributed by atoms with Gasteiger partial charge in [-0.15, -0.1) is 0 Å². The van der Waals surface area contributed by atoms with Crippen LogP contribution in [-0.4, -0.2) is 42.3 Å². The van der Waals surface area contributed by atoms with Crippen molar-refractivity contribution < 1.29 is 28.6 Å². The Kier molecular flexibility index (Phi) is 8.90. The topological polar surface area (TPSA) is 104 Å². The molecule has 0 N–H and O–H groups in total. The second kappa shape index (κ2) is 11.4. The molecule has 0 aliphatic rings. The summed E-state index contributed by atoms with van der Waals surface area (Å²) in [5.41, 5.74) is 0.462. The second-order valence-corrected chi connectivity index (χ2v) is 7.96. The molecule has 0 fully saturated rings. The lowest BCUT2D eigenvalue weighted by Crippen LogP contribution is -2.26. The third-order valence-corrected chi connectivity index (χ3v) is 4.49.